The molecule has 7 heteroatoms. The fourth-order valence-electron chi connectivity index (χ4n) is 1.22. The van der Waals surface area contributed by atoms with Gasteiger partial charge in [-0.1, -0.05) is 11.8 Å². The first-order valence-corrected chi connectivity index (χ1v) is 5.46. The molecule has 1 aliphatic heterocycles. The molecular weight excluding hydrogens is 216 g/mol. The van der Waals surface area contributed by atoms with Gasteiger partial charge in [0.05, 0.1) is 6.54 Å². The smallest absolute Gasteiger partial charge is 0.325 e. The van der Waals surface area contributed by atoms with E-state index in [1.165, 1.54) is 17.8 Å². The maximum Gasteiger partial charge on any atom is 0.325 e. The summed E-state index contributed by atoms with van der Waals surface area (Å²) in [6.07, 6.45) is 0. The number of rotatable bonds is 2. The lowest BCUT2D eigenvalue weighted by Crippen LogP contribution is -2.23. The quantitative estimate of drug-likeness (QED) is 0.619. The number of amidine groups is 1. The molecular formula is C8H10N4O2S. The summed E-state index contributed by atoms with van der Waals surface area (Å²) >= 11 is 1.47. The Morgan fingerprint density at radius 2 is 2.27 bits per heavy atom. The normalized spacial score (nSPS) is 14.8. The van der Waals surface area contributed by atoms with Gasteiger partial charge in [-0.15, -0.1) is 0 Å². The van der Waals surface area contributed by atoms with Gasteiger partial charge in [0.25, 0.3) is 5.56 Å². The van der Waals surface area contributed by atoms with E-state index in [4.69, 9.17) is 0 Å². The minimum Gasteiger partial charge on any atom is -0.363 e. The van der Waals surface area contributed by atoms with E-state index in [1.807, 2.05) is 0 Å². The summed E-state index contributed by atoms with van der Waals surface area (Å²) in [6, 6.07) is 1.38. The van der Waals surface area contributed by atoms with Gasteiger partial charge in [-0.2, -0.15) is 0 Å². The zero-order valence-electron chi connectivity index (χ0n) is 7.87. The lowest BCUT2D eigenvalue weighted by molar-refractivity contribution is 0.963. The van der Waals surface area contributed by atoms with Crippen LogP contribution in [-0.4, -0.2) is 28.2 Å². The summed E-state index contributed by atoms with van der Waals surface area (Å²) in [5, 5.41) is 3.95. The van der Waals surface area contributed by atoms with Crippen LogP contribution in [0, 0.1) is 0 Å². The summed E-state index contributed by atoms with van der Waals surface area (Å²) in [5.74, 6) is 0.533. The molecule has 1 aromatic heterocycles. The zero-order chi connectivity index (χ0) is 10.7. The van der Waals surface area contributed by atoms with E-state index >= 15 is 0 Å². The van der Waals surface area contributed by atoms with Gasteiger partial charge < -0.3 is 10.3 Å². The lowest BCUT2D eigenvalue weighted by Gasteiger charge is -2.01. The number of H-pyrrole nitrogens is 2. The Morgan fingerprint density at radius 3 is 2.93 bits per heavy atom. The third-order valence-corrected chi connectivity index (χ3v) is 2.83. The summed E-state index contributed by atoms with van der Waals surface area (Å²) in [6.45, 7) is 1.64. The van der Waals surface area contributed by atoms with Crippen molar-refractivity contribution in [1.82, 2.24) is 15.3 Å². The molecule has 0 radical (unpaired) electrons. The monoisotopic (exact) mass is 226 g/mol. The van der Waals surface area contributed by atoms with Gasteiger partial charge in [-0.25, -0.2) is 4.79 Å². The van der Waals surface area contributed by atoms with Crippen molar-refractivity contribution in [2.24, 2.45) is 4.99 Å². The highest BCUT2D eigenvalue weighted by Gasteiger charge is 2.06. The van der Waals surface area contributed by atoms with Crippen molar-refractivity contribution in [3.63, 3.8) is 0 Å². The molecule has 80 valence electrons. The SMILES string of the molecule is O=c1cc(CSC2=NCCN2)[nH]c(=O)[nH]1. The highest BCUT2D eigenvalue weighted by atomic mass is 32.2. The number of hydrogen-bond acceptors (Lipinski definition) is 5. The van der Waals surface area contributed by atoms with Crippen molar-refractivity contribution >= 4 is 16.9 Å². The molecule has 0 spiro atoms. The van der Waals surface area contributed by atoms with Crippen molar-refractivity contribution in [3.8, 4) is 0 Å². The first kappa shape index (κ1) is 10.0. The Kier molecular flexibility index (Phi) is 2.91. The Hall–Kier alpha value is -1.50. The van der Waals surface area contributed by atoms with Crippen LogP contribution < -0.4 is 16.6 Å². The number of thioether (sulfide) groups is 1. The van der Waals surface area contributed by atoms with Gasteiger partial charge >= 0.3 is 5.69 Å². The standard InChI is InChI=1S/C8H10N4O2S/c13-6-3-5(11-7(14)12-6)4-15-8-9-1-2-10-8/h3H,1-2,4H2,(H,9,10)(H2,11,12,13,14). The van der Waals surface area contributed by atoms with E-state index in [2.05, 4.69) is 20.3 Å². The van der Waals surface area contributed by atoms with Gasteiger partial charge in [0.15, 0.2) is 5.17 Å². The van der Waals surface area contributed by atoms with E-state index in [1.54, 1.807) is 0 Å². The topological polar surface area (TPSA) is 90.1 Å². The molecule has 0 unspecified atom stereocenters. The van der Waals surface area contributed by atoms with Crippen LogP contribution in [0.5, 0.6) is 0 Å². The van der Waals surface area contributed by atoms with Gasteiger partial charge in [0.1, 0.15) is 0 Å². The van der Waals surface area contributed by atoms with E-state index < -0.39 is 5.69 Å². The second-order valence-corrected chi connectivity index (χ2v) is 3.98. The molecule has 0 atom stereocenters. The Bertz CT molecular complexity index is 462. The lowest BCUT2D eigenvalue weighted by atomic mass is 10.5. The van der Waals surface area contributed by atoms with Crippen LogP contribution in [0.2, 0.25) is 0 Å². The van der Waals surface area contributed by atoms with Gasteiger partial charge in [0.2, 0.25) is 0 Å². The van der Waals surface area contributed by atoms with Crippen molar-refractivity contribution in [2.75, 3.05) is 13.1 Å². The molecule has 0 saturated heterocycles. The van der Waals surface area contributed by atoms with Crippen LogP contribution in [0.3, 0.4) is 0 Å². The molecule has 0 fully saturated rings. The summed E-state index contributed by atoms with van der Waals surface area (Å²) < 4.78 is 0. The molecule has 2 rings (SSSR count). The zero-order valence-corrected chi connectivity index (χ0v) is 8.69. The average Bonchev–Trinajstić information content (AvgIpc) is 2.65. The molecule has 0 saturated carbocycles. The number of aromatic nitrogens is 2. The minimum atomic E-state index is -0.473. The van der Waals surface area contributed by atoms with Crippen LogP contribution in [0.4, 0.5) is 0 Å². The fraction of sp³-hybridized carbons (Fsp3) is 0.375. The van der Waals surface area contributed by atoms with Crippen LogP contribution in [0.25, 0.3) is 0 Å². The van der Waals surface area contributed by atoms with Crippen LogP contribution >= 0.6 is 11.8 Å². The summed E-state index contributed by atoms with van der Waals surface area (Å²) in [7, 11) is 0. The minimum absolute atomic E-state index is 0.379. The van der Waals surface area contributed by atoms with E-state index in [0.29, 0.717) is 11.4 Å². The Labute approximate surface area is 89.2 Å². The van der Waals surface area contributed by atoms with Crippen molar-refractivity contribution < 1.29 is 0 Å². The molecule has 0 amide bonds. The Balaban J connectivity index is 2.04. The summed E-state index contributed by atoms with van der Waals surface area (Å²) in [5.41, 5.74) is -0.250. The number of hydrogen-bond donors (Lipinski definition) is 3. The van der Waals surface area contributed by atoms with E-state index in [-0.39, 0.29) is 5.56 Å². The van der Waals surface area contributed by atoms with E-state index in [9.17, 15) is 9.59 Å². The van der Waals surface area contributed by atoms with Crippen LogP contribution in [-0.2, 0) is 5.75 Å². The van der Waals surface area contributed by atoms with Gasteiger partial charge in [0, 0.05) is 24.1 Å². The van der Waals surface area contributed by atoms with Crippen molar-refractivity contribution in [3.05, 3.63) is 32.6 Å². The predicted octanol–water partition coefficient (Wildman–Crippen LogP) is -0.744. The number of aliphatic imine (C=N–C) groups is 1. The molecule has 1 aliphatic rings. The highest BCUT2D eigenvalue weighted by molar-refractivity contribution is 8.13. The molecule has 0 bridgehead atoms. The van der Waals surface area contributed by atoms with Crippen LogP contribution in [0.15, 0.2) is 20.6 Å². The third-order valence-electron chi connectivity index (χ3n) is 1.82. The highest BCUT2D eigenvalue weighted by Crippen LogP contribution is 2.10. The second kappa shape index (κ2) is 4.35. The number of aromatic amines is 2. The van der Waals surface area contributed by atoms with Crippen molar-refractivity contribution in [2.45, 2.75) is 5.75 Å². The predicted molar refractivity (Wildman–Crippen MR) is 59.3 cm³/mol. The molecule has 15 heavy (non-hydrogen) atoms. The van der Waals surface area contributed by atoms with Gasteiger partial charge in [-0.3, -0.25) is 14.8 Å². The average molecular weight is 226 g/mol. The number of nitrogens with zero attached hydrogens (tertiary/aromatic N) is 1. The molecule has 0 aliphatic carbocycles. The first-order valence-electron chi connectivity index (χ1n) is 4.48. The molecule has 3 N–H and O–H groups in total. The van der Waals surface area contributed by atoms with Crippen molar-refractivity contribution in [1.29, 1.82) is 0 Å². The summed E-state index contributed by atoms with van der Waals surface area (Å²) in [4.78, 5) is 30.8. The Morgan fingerprint density at radius 1 is 1.40 bits per heavy atom. The van der Waals surface area contributed by atoms with E-state index in [0.717, 1.165) is 18.3 Å². The molecule has 1 aromatic rings. The number of nitrogens with one attached hydrogen (secondary N) is 3. The molecule has 2 heterocycles. The second-order valence-electron chi connectivity index (χ2n) is 3.02. The largest absolute Gasteiger partial charge is 0.363 e. The van der Waals surface area contributed by atoms with Crippen LogP contribution in [0.1, 0.15) is 5.69 Å². The first-order chi connectivity index (χ1) is 7.24. The molecule has 6 nitrogen and oxygen atoms in total. The molecule has 0 aromatic carbocycles. The fourth-order valence-corrected chi connectivity index (χ4v) is 2.05. The maximum absolute atomic E-state index is 11.0. The maximum atomic E-state index is 11.0. The third kappa shape index (κ3) is 2.72. The van der Waals surface area contributed by atoms with Gasteiger partial charge in [-0.05, 0) is 0 Å².